The number of hydrogen-bond donors (Lipinski definition) is 0. The highest BCUT2D eigenvalue weighted by Crippen LogP contribution is 2.20. The highest BCUT2D eigenvalue weighted by molar-refractivity contribution is 7.91. The Labute approximate surface area is 191 Å². The second-order valence-corrected chi connectivity index (χ2v) is 9.79. The summed E-state index contributed by atoms with van der Waals surface area (Å²) in [5.74, 6) is 11.9. The molecule has 3 aromatic rings. The zero-order valence-corrected chi connectivity index (χ0v) is 18.7. The van der Waals surface area contributed by atoms with E-state index in [1.54, 1.807) is 30.3 Å². The summed E-state index contributed by atoms with van der Waals surface area (Å²) in [6.45, 7) is 2.27. The Morgan fingerprint density at radius 2 is 1.19 bits per heavy atom. The molecule has 0 saturated carbocycles. The van der Waals surface area contributed by atoms with E-state index < -0.39 is 9.84 Å². The van der Waals surface area contributed by atoms with E-state index in [0.29, 0.717) is 4.90 Å². The molecular weight excluding hydrogens is 414 g/mol. The maximum Gasteiger partial charge on any atom is 0.189 e. The Kier molecular flexibility index (Phi) is 6.95. The van der Waals surface area contributed by atoms with Crippen molar-refractivity contribution in [3.63, 3.8) is 0 Å². The second-order valence-electron chi connectivity index (χ2n) is 7.80. The maximum atomic E-state index is 12.3. The number of rotatable bonds is 3. The number of nitrogens with zero attached hydrogens (tertiary/aromatic N) is 1. The summed E-state index contributed by atoms with van der Waals surface area (Å²) in [5.41, 5.74) is 3.92. The monoisotopic (exact) mass is 439 g/mol. The molecule has 1 aliphatic rings. The van der Waals surface area contributed by atoms with Crippen LogP contribution < -0.4 is 4.90 Å². The largest absolute Gasteiger partial charge is 0.372 e. The lowest BCUT2D eigenvalue weighted by Gasteiger charge is -2.28. The molecule has 1 fully saturated rings. The summed E-state index contributed by atoms with van der Waals surface area (Å²) < 4.78 is 24.6. The van der Waals surface area contributed by atoms with Gasteiger partial charge in [0.1, 0.15) is 5.75 Å². The Hall–Kier alpha value is -3.47. The van der Waals surface area contributed by atoms with Gasteiger partial charge in [-0.05, 0) is 79.9 Å². The van der Waals surface area contributed by atoms with E-state index in [1.165, 1.54) is 24.9 Å². The predicted molar refractivity (Wildman–Crippen MR) is 130 cm³/mol. The highest BCUT2D eigenvalue weighted by Gasteiger charge is 2.11. The minimum atomic E-state index is -3.39. The maximum absolute atomic E-state index is 12.3. The van der Waals surface area contributed by atoms with Crippen LogP contribution in [0, 0.1) is 23.7 Å². The lowest BCUT2D eigenvalue weighted by atomic mass is 10.1. The molecule has 0 spiro atoms. The number of hydrogen-bond acceptors (Lipinski definition) is 3. The first-order chi connectivity index (χ1) is 15.6. The summed E-state index contributed by atoms with van der Waals surface area (Å²) in [6.07, 6.45) is 3.87. The molecule has 160 valence electrons. The zero-order chi connectivity index (χ0) is 22.2. The third kappa shape index (κ3) is 5.82. The molecule has 0 unspecified atom stereocenters. The van der Waals surface area contributed by atoms with Gasteiger partial charge in [-0.2, -0.15) is 0 Å². The van der Waals surface area contributed by atoms with Crippen molar-refractivity contribution in [2.45, 2.75) is 24.2 Å². The van der Waals surface area contributed by atoms with E-state index in [9.17, 15) is 8.42 Å². The van der Waals surface area contributed by atoms with Gasteiger partial charge >= 0.3 is 0 Å². The van der Waals surface area contributed by atoms with Crippen LogP contribution in [0.5, 0.6) is 0 Å². The van der Waals surface area contributed by atoms with Gasteiger partial charge in [-0.25, -0.2) is 8.42 Å². The number of benzene rings is 3. The van der Waals surface area contributed by atoms with Gasteiger partial charge in [0, 0.05) is 35.5 Å². The van der Waals surface area contributed by atoms with Crippen LogP contribution >= 0.6 is 0 Å². The molecule has 4 rings (SSSR count). The van der Waals surface area contributed by atoms with Crippen molar-refractivity contribution >= 4 is 15.5 Å². The van der Waals surface area contributed by atoms with Crippen LogP contribution in [0.4, 0.5) is 5.69 Å². The van der Waals surface area contributed by atoms with Crippen LogP contribution in [-0.2, 0) is 9.84 Å². The first-order valence-electron chi connectivity index (χ1n) is 10.8. The molecule has 3 nitrogen and oxygen atoms in total. The third-order valence-corrected chi connectivity index (χ3v) is 6.94. The fourth-order valence-corrected chi connectivity index (χ4v) is 4.63. The molecule has 1 aliphatic heterocycles. The van der Waals surface area contributed by atoms with Crippen molar-refractivity contribution in [3.8, 4) is 23.7 Å². The van der Waals surface area contributed by atoms with Crippen molar-refractivity contribution in [2.24, 2.45) is 0 Å². The van der Waals surface area contributed by atoms with Crippen molar-refractivity contribution in [1.82, 2.24) is 0 Å². The molecule has 4 heteroatoms. The molecule has 0 aliphatic carbocycles. The molecule has 0 N–H and O–H groups in total. The standard InChI is InChI=1S/C28H25NO2S/c30-32(31,28-9-3-1-4-10-28)23-7-8-24-11-13-25(14-12-24)15-16-26-17-19-27(20-18-26)29-21-5-2-6-22-29/h1,3-4,9-14,17-20H,2,5-6,21-23H2. The molecule has 0 radical (unpaired) electrons. The first-order valence-corrected chi connectivity index (χ1v) is 12.5. The lowest BCUT2D eigenvalue weighted by molar-refractivity contribution is 0.578. The fraction of sp³-hybridized carbons (Fsp3) is 0.214. The van der Waals surface area contributed by atoms with Gasteiger partial charge < -0.3 is 4.90 Å². The first kappa shape index (κ1) is 21.8. The topological polar surface area (TPSA) is 37.4 Å². The van der Waals surface area contributed by atoms with Crippen LogP contribution in [0.15, 0.2) is 83.8 Å². The minimum absolute atomic E-state index is 0.202. The van der Waals surface area contributed by atoms with Gasteiger partial charge in [-0.1, -0.05) is 41.9 Å². The van der Waals surface area contributed by atoms with E-state index in [-0.39, 0.29) is 5.75 Å². The van der Waals surface area contributed by atoms with Crippen LogP contribution in [-0.4, -0.2) is 27.3 Å². The van der Waals surface area contributed by atoms with Crippen LogP contribution in [0.25, 0.3) is 0 Å². The molecule has 0 aromatic heterocycles. The summed E-state index contributed by atoms with van der Waals surface area (Å²) in [7, 11) is -3.39. The van der Waals surface area contributed by atoms with Gasteiger partial charge in [0.25, 0.3) is 0 Å². The Balaban J connectivity index is 1.37. The van der Waals surface area contributed by atoms with E-state index in [0.717, 1.165) is 29.8 Å². The van der Waals surface area contributed by atoms with Crippen LogP contribution in [0.1, 0.15) is 36.0 Å². The normalized spacial score (nSPS) is 13.4. The highest BCUT2D eigenvalue weighted by atomic mass is 32.2. The second kappa shape index (κ2) is 10.2. The van der Waals surface area contributed by atoms with E-state index in [2.05, 4.69) is 52.8 Å². The SMILES string of the molecule is O=S(=O)(CC#Cc1ccc(C#Cc2ccc(N3CCCCC3)cc2)cc1)c1ccccc1. The fourth-order valence-electron chi connectivity index (χ4n) is 3.63. The quantitative estimate of drug-likeness (QED) is 0.545. The molecule has 0 atom stereocenters. The average molecular weight is 440 g/mol. The third-order valence-electron chi connectivity index (χ3n) is 5.42. The lowest BCUT2D eigenvalue weighted by Crippen LogP contribution is -2.29. The van der Waals surface area contributed by atoms with Crippen LogP contribution in [0.3, 0.4) is 0 Å². The Morgan fingerprint density at radius 1 is 0.656 bits per heavy atom. The zero-order valence-electron chi connectivity index (χ0n) is 17.9. The summed E-state index contributed by atoms with van der Waals surface area (Å²) in [4.78, 5) is 2.73. The number of anilines is 1. The summed E-state index contributed by atoms with van der Waals surface area (Å²) in [6, 6.07) is 24.4. The van der Waals surface area contributed by atoms with E-state index >= 15 is 0 Å². The molecule has 1 saturated heterocycles. The van der Waals surface area contributed by atoms with Crippen LogP contribution in [0.2, 0.25) is 0 Å². The molecular formula is C28H25NO2S. The van der Waals surface area contributed by atoms with Gasteiger partial charge in [0.2, 0.25) is 0 Å². The Bertz CT molecular complexity index is 1270. The van der Waals surface area contributed by atoms with E-state index in [4.69, 9.17) is 0 Å². The van der Waals surface area contributed by atoms with Crippen molar-refractivity contribution in [3.05, 3.63) is 95.6 Å². The predicted octanol–water partition coefficient (Wildman–Crippen LogP) is 4.90. The van der Waals surface area contributed by atoms with E-state index in [1.807, 2.05) is 24.3 Å². The summed E-state index contributed by atoms with van der Waals surface area (Å²) >= 11 is 0. The smallest absolute Gasteiger partial charge is 0.189 e. The Morgan fingerprint density at radius 3 is 1.78 bits per heavy atom. The number of piperidine rings is 1. The average Bonchev–Trinajstić information content (AvgIpc) is 2.85. The van der Waals surface area contributed by atoms with Gasteiger partial charge in [0.15, 0.2) is 9.84 Å². The summed E-state index contributed by atoms with van der Waals surface area (Å²) in [5, 5.41) is 0. The van der Waals surface area contributed by atoms with Gasteiger partial charge in [0.05, 0.1) is 4.90 Å². The molecule has 0 bridgehead atoms. The minimum Gasteiger partial charge on any atom is -0.372 e. The van der Waals surface area contributed by atoms with Crippen molar-refractivity contribution in [1.29, 1.82) is 0 Å². The molecule has 1 heterocycles. The van der Waals surface area contributed by atoms with Crippen molar-refractivity contribution < 1.29 is 8.42 Å². The van der Waals surface area contributed by atoms with Crippen molar-refractivity contribution in [2.75, 3.05) is 23.7 Å². The van der Waals surface area contributed by atoms with Gasteiger partial charge in [-0.15, -0.1) is 0 Å². The molecule has 3 aromatic carbocycles. The van der Waals surface area contributed by atoms with Gasteiger partial charge in [-0.3, -0.25) is 0 Å². The molecule has 0 amide bonds. The number of sulfone groups is 1. The molecule has 32 heavy (non-hydrogen) atoms.